The van der Waals surface area contributed by atoms with Gasteiger partial charge in [0, 0.05) is 18.2 Å². The van der Waals surface area contributed by atoms with E-state index in [0.717, 1.165) is 23.6 Å². The van der Waals surface area contributed by atoms with E-state index in [0.29, 0.717) is 6.04 Å². The van der Waals surface area contributed by atoms with Gasteiger partial charge in [-0.2, -0.15) is 0 Å². The highest BCUT2D eigenvalue weighted by molar-refractivity contribution is 5.55. The molecule has 20 heavy (non-hydrogen) atoms. The van der Waals surface area contributed by atoms with Crippen LogP contribution in [0.5, 0.6) is 0 Å². The number of rotatable bonds is 3. The number of anilines is 1. The summed E-state index contributed by atoms with van der Waals surface area (Å²) in [5.74, 6) is 0.775. The molecule has 104 valence electrons. The Labute approximate surface area is 119 Å². The van der Waals surface area contributed by atoms with E-state index >= 15 is 0 Å². The van der Waals surface area contributed by atoms with Crippen molar-refractivity contribution in [3.63, 3.8) is 0 Å². The molecule has 1 N–H and O–H groups in total. The van der Waals surface area contributed by atoms with Crippen LogP contribution in [0.1, 0.15) is 12.8 Å². The molecule has 1 aliphatic heterocycles. The molecular formula is C16H20N4. The summed E-state index contributed by atoms with van der Waals surface area (Å²) in [4.78, 5) is 11.3. The van der Waals surface area contributed by atoms with Crippen LogP contribution in [-0.2, 0) is 0 Å². The Morgan fingerprint density at radius 3 is 2.60 bits per heavy atom. The van der Waals surface area contributed by atoms with Crippen molar-refractivity contribution in [2.24, 2.45) is 0 Å². The number of benzene rings is 1. The van der Waals surface area contributed by atoms with E-state index in [2.05, 4.69) is 27.2 Å². The molecule has 0 aliphatic carbocycles. The van der Waals surface area contributed by atoms with Gasteiger partial charge in [-0.1, -0.05) is 30.3 Å². The molecule has 0 saturated carbocycles. The Balaban J connectivity index is 1.67. The number of piperidine rings is 1. The number of likely N-dealkylation sites (tertiary alicyclic amines) is 1. The molecule has 1 fully saturated rings. The lowest BCUT2D eigenvalue weighted by molar-refractivity contribution is 0.261. The fraction of sp³-hybridized carbons (Fsp3) is 0.375. The van der Waals surface area contributed by atoms with Crippen LogP contribution in [0, 0.1) is 0 Å². The van der Waals surface area contributed by atoms with Gasteiger partial charge in [-0.3, -0.25) is 0 Å². The zero-order chi connectivity index (χ0) is 13.8. The molecule has 0 amide bonds. The second-order valence-corrected chi connectivity index (χ2v) is 5.41. The normalized spacial score (nSPS) is 19.8. The van der Waals surface area contributed by atoms with Crippen molar-refractivity contribution in [1.29, 1.82) is 0 Å². The first-order valence-electron chi connectivity index (χ1n) is 7.14. The second kappa shape index (κ2) is 6.01. The summed E-state index contributed by atoms with van der Waals surface area (Å²) in [5, 5.41) is 3.52. The second-order valence-electron chi connectivity index (χ2n) is 5.41. The van der Waals surface area contributed by atoms with E-state index < -0.39 is 0 Å². The van der Waals surface area contributed by atoms with E-state index in [4.69, 9.17) is 0 Å². The average molecular weight is 268 g/mol. The fourth-order valence-corrected chi connectivity index (χ4v) is 2.66. The Bertz CT molecular complexity index is 538. The van der Waals surface area contributed by atoms with Crippen molar-refractivity contribution in [2.75, 3.05) is 25.5 Å². The van der Waals surface area contributed by atoms with Crippen LogP contribution in [0.15, 0.2) is 42.7 Å². The molecule has 2 aromatic rings. The summed E-state index contributed by atoms with van der Waals surface area (Å²) in [5.41, 5.74) is 2.06. The van der Waals surface area contributed by atoms with Crippen molar-refractivity contribution >= 4 is 5.69 Å². The van der Waals surface area contributed by atoms with Gasteiger partial charge in [0.1, 0.15) is 0 Å². The number of hydrogen-bond donors (Lipinski definition) is 1. The number of hydrogen-bond acceptors (Lipinski definition) is 4. The van der Waals surface area contributed by atoms with Crippen LogP contribution < -0.4 is 5.32 Å². The van der Waals surface area contributed by atoms with Crippen molar-refractivity contribution in [1.82, 2.24) is 14.9 Å². The number of nitrogens with one attached hydrogen (secondary N) is 1. The average Bonchev–Trinajstić information content (AvgIpc) is 2.49. The third kappa shape index (κ3) is 3.14. The van der Waals surface area contributed by atoms with Crippen molar-refractivity contribution in [2.45, 2.75) is 18.9 Å². The van der Waals surface area contributed by atoms with Gasteiger partial charge in [0.25, 0.3) is 0 Å². The highest BCUT2D eigenvalue weighted by atomic mass is 15.1. The molecule has 1 aliphatic rings. The lowest BCUT2D eigenvalue weighted by atomic mass is 10.1. The summed E-state index contributed by atoms with van der Waals surface area (Å²) in [6.07, 6.45) is 6.22. The van der Waals surface area contributed by atoms with Crippen LogP contribution in [0.2, 0.25) is 0 Å². The topological polar surface area (TPSA) is 41.0 Å². The Kier molecular flexibility index (Phi) is 3.92. The van der Waals surface area contributed by atoms with Crippen LogP contribution in [0.3, 0.4) is 0 Å². The standard InChI is InChI=1S/C16H20N4/c1-20-9-5-8-14(12-20)19-15-10-17-16(18-11-15)13-6-3-2-4-7-13/h2-4,6-7,10-11,14,19H,5,8-9,12H2,1H3. The minimum Gasteiger partial charge on any atom is -0.379 e. The SMILES string of the molecule is CN1CCCC(Nc2cnc(-c3ccccc3)nc2)C1. The van der Waals surface area contributed by atoms with Crippen molar-refractivity contribution < 1.29 is 0 Å². The molecule has 0 radical (unpaired) electrons. The van der Waals surface area contributed by atoms with Gasteiger partial charge in [0.05, 0.1) is 18.1 Å². The van der Waals surface area contributed by atoms with E-state index in [1.54, 1.807) is 0 Å². The predicted molar refractivity (Wildman–Crippen MR) is 81.6 cm³/mol. The predicted octanol–water partition coefficient (Wildman–Crippen LogP) is 2.65. The molecular weight excluding hydrogens is 248 g/mol. The third-order valence-electron chi connectivity index (χ3n) is 3.68. The summed E-state index contributed by atoms with van der Waals surface area (Å²) in [6, 6.07) is 10.6. The largest absolute Gasteiger partial charge is 0.379 e. The van der Waals surface area contributed by atoms with Gasteiger partial charge in [-0.25, -0.2) is 9.97 Å². The van der Waals surface area contributed by atoms with E-state index in [-0.39, 0.29) is 0 Å². The molecule has 0 spiro atoms. The van der Waals surface area contributed by atoms with Crippen LogP contribution in [-0.4, -0.2) is 41.0 Å². The third-order valence-corrected chi connectivity index (χ3v) is 3.68. The maximum atomic E-state index is 4.45. The first kappa shape index (κ1) is 13.1. The summed E-state index contributed by atoms with van der Waals surface area (Å²) >= 11 is 0. The van der Waals surface area contributed by atoms with Gasteiger partial charge < -0.3 is 10.2 Å². The van der Waals surface area contributed by atoms with Crippen LogP contribution in [0.4, 0.5) is 5.69 Å². The zero-order valence-corrected chi connectivity index (χ0v) is 11.8. The molecule has 1 aromatic carbocycles. The smallest absolute Gasteiger partial charge is 0.159 e. The van der Waals surface area contributed by atoms with Gasteiger partial charge in [0.15, 0.2) is 5.82 Å². The molecule has 1 unspecified atom stereocenters. The summed E-state index contributed by atoms with van der Waals surface area (Å²) in [6.45, 7) is 2.28. The highest BCUT2D eigenvalue weighted by Gasteiger charge is 2.16. The maximum Gasteiger partial charge on any atom is 0.159 e. The van der Waals surface area contributed by atoms with E-state index in [1.165, 1.54) is 19.4 Å². The zero-order valence-electron chi connectivity index (χ0n) is 11.8. The number of nitrogens with zero attached hydrogens (tertiary/aromatic N) is 3. The highest BCUT2D eigenvalue weighted by Crippen LogP contribution is 2.17. The van der Waals surface area contributed by atoms with Gasteiger partial charge in [-0.05, 0) is 26.4 Å². The first-order chi connectivity index (χ1) is 9.81. The molecule has 1 atom stereocenters. The molecule has 0 bridgehead atoms. The quantitative estimate of drug-likeness (QED) is 0.929. The fourth-order valence-electron chi connectivity index (χ4n) is 2.66. The van der Waals surface area contributed by atoms with Gasteiger partial charge in [-0.15, -0.1) is 0 Å². The minimum absolute atomic E-state index is 0.500. The van der Waals surface area contributed by atoms with Crippen molar-refractivity contribution in [3.05, 3.63) is 42.7 Å². The van der Waals surface area contributed by atoms with Crippen LogP contribution >= 0.6 is 0 Å². The molecule has 3 rings (SSSR count). The Morgan fingerprint density at radius 2 is 1.90 bits per heavy atom. The monoisotopic (exact) mass is 268 g/mol. The van der Waals surface area contributed by atoms with Crippen LogP contribution in [0.25, 0.3) is 11.4 Å². The lowest BCUT2D eigenvalue weighted by Gasteiger charge is -2.30. The molecule has 1 aromatic heterocycles. The maximum absolute atomic E-state index is 4.45. The van der Waals surface area contributed by atoms with Crippen molar-refractivity contribution in [3.8, 4) is 11.4 Å². The Hall–Kier alpha value is -1.94. The number of aromatic nitrogens is 2. The number of likely N-dealkylation sites (N-methyl/N-ethyl adjacent to an activating group) is 1. The molecule has 2 heterocycles. The minimum atomic E-state index is 0.500. The van der Waals surface area contributed by atoms with Gasteiger partial charge >= 0.3 is 0 Å². The first-order valence-corrected chi connectivity index (χ1v) is 7.14. The van der Waals surface area contributed by atoms with E-state index in [1.807, 2.05) is 42.7 Å². The van der Waals surface area contributed by atoms with Gasteiger partial charge in [0.2, 0.25) is 0 Å². The lowest BCUT2D eigenvalue weighted by Crippen LogP contribution is -2.39. The molecule has 4 nitrogen and oxygen atoms in total. The Morgan fingerprint density at radius 1 is 1.15 bits per heavy atom. The summed E-state index contributed by atoms with van der Waals surface area (Å²) in [7, 11) is 2.17. The summed E-state index contributed by atoms with van der Waals surface area (Å²) < 4.78 is 0. The molecule has 1 saturated heterocycles. The molecule has 4 heteroatoms. The van der Waals surface area contributed by atoms with E-state index in [9.17, 15) is 0 Å².